The molecule has 3 nitrogen and oxygen atoms in total. The molecule has 3 heteroatoms. The summed E-state index contributed by atoms with van der Waals surface area (Å²) < 4.78 is 0. The van der Waals surface area contributed by atoms with Crippen LogP contribution in [0.1, 0.15) is 26.3 Å². The van der Waals surface area contributed by atoms with Crippen LogP contribution in [-0.4, -0.2) is 11.7 Å². The fourth-order valence-corrected chi connectivity index (χ4v) is 1.67. The van der Waals surface area contributed by atoms with Crippen LogP contribution in [0.4, 0.5) is 0 Å². The van der Waals surface area contributed by atoms with Gasteiger partial charge in [-0.2, -0.15) is 0 Å². The highest BCUT2D eigenvalue weighted by atomic mass is 16.7. The highest BCUT2D eigenvalue weighted by molar-refractivity contribution is 6.26. The number of oxime groups is 1. The number of hydrogen-bond donors (Lipinski definition) is 0. The van der Waals surface area contributed by atoms with Crippen molar-refractivity contribution in [1.82, 2.24) is 0 Å². The van der Waals surface area contributed by atoms with Crippen LogP contribution in [0, 0.1) is 5.41 Å². The zero-order chi connectivity index (χ0) is 12.5. The molecule has 1 aliphatic rings. The lowest BCUT2D eigenvalue weighted by Crippen LogP contribution is -2.21. The number of benzene rings is 1. The smallest absolute Gasteiger partial charge is 0.312 e. The van der Waals surface area contributed by atoms with Crippen LogP contribution in [0.25, 0.3) is 6.08 Å². The van der Waals surface area contributed by atoms with E-state index in [1.165, 1.54) is 0 Å². The summed E-state index contributed by atoms with van der Waals surface area (Å²) in [5, 5.41) is 3.86. The van der Waals surface area contributed by atoms with Gasteiger partial charge in [0.2, 0.25) is 0 Å². The molecule has 17 heavy (non-hydrogen) atoms. The molecule has 88 valence electrons. The molecule has 0 N–H and O–H groups in total. The Labute approximate surface area is 101 Å². The molecule has 1 heterocycles. The summed E-state index contributed by atoms with van der Waals surface area (Å²) in [6.45, 7) is 6.02. The van der Waals surface area contributed by atoms with E-state index in [4.69, 9.17) is 4.84 Å². The van der Waals surface area contributed by atoms with Crippen molar-refractivity contribution in [3.8, 4) is 0 Å². The van der Waals surface area contributed by atoms with Crippen LogP contribution in [0.15, 0.2) is 41.1 Å². The molecular weight excluding hydrogens is 214 g/mol. The van der Waals surface area contributed by atoms with E-state index in [0.717, 1.165) is 5.56 Å². The van der Waals surface area contributed by atoms with Gasteiger partial charge in [-0.3, -0.25) is 0 Å². The maximum absolute atomic E-state index is 11.6. The summed E-state index contributed by atoms with van der Waals surface area (Å²) in [5.41, 5.74) is 2.01. The summed E-state index contributed by atoms with van der Waals surface area (Å²) in [5.74, 6) is -0.376. The minimum atomic E-state index is -0.376. The van der Waals surface area contributed by atoms with E-state index < -0.39 is 0 Å². The number of carbonyl (C=O) groups excluding carboxylic acids is 1. The molecule has 0 unspecified atom stereocenters. The first kappa shape index (κ1) is 11.6. The summed E-state index contributed by atoms with van der Waals surface area (Å²) in [6, 6.07) is 9.69. The number of carbonyl (C=O) groups is 1. The second-order valence-electron chi connectivity index (χ2n) is 5.04. The molecule has 0 aliphatic carbocycles. The zero-order valence-corrected chi connectivity index (χ0v) is 10.2. The van der Waals surface area contributed by atoms with E-state index in [2.05, 4.69) is 5.16 Å². The number of rotatable bonds is 1. The van der Waals surface area contributed by atoms with Crippen molar-refractivity contribution in [2.24, 2.45) is 10.6 Å². The summed E-state index contributed by atoms with van der Waals surface area (Å²) >= 11 is 0. The van der Waals surface area contributed by atoms with Gasteiger partial charge in [0.25, 0.3) is 0 Å². The first-order valence-corrected chi connectivity index (χ1v) is 5.55. The van der Waals surface area contributed by atoms with Crippen molar-refractivity contribution in [3.63, 3.8) is 0 Å². The number of nitrogens with zero attached hydrogens (tertiary/aromatic N) is 1. The lowest BCUT2D eigenvalue weighted by Gasteiger charge is -2.16. The molecule has 0 amide bonds. The van der Waals surface area contributed by atoms with E-state index in [1.54, 1.807) is 0 Å². The van der Waals surface area contributed by atoms with Crippen LogP contribution in [0.3, 0.4) is 0 Å². The highest BCUT2D eigenvalue weighted by Gasteiger charge is 2.33. The first-order valence-electron chi connectivity index (χ1n) is 5.55. The quantitative estimate of drug-likeness (QED) is 0.548. The molecule has 0 radical (unpaired) electrons. The van der Waals surface area contributed by atoms with Crippen LogP contribution in [-0.2, 0) is 9.63 Å². The predicted molar refractivity (Wildman–Crippen MR) is 67.4 cm³/mol. The van der Waals surface area contributed by atoms with Gasteiger partial charge in [0.05, 0.1) is 5.57 Å². The fraction of sp³-hybridized carbons (Fsp3) is 0.286. The van der Waals surface area contributed by atoms with Gasteiger partial charge in [-0.1, -0.05) is 56.3 Å². The molecule has 0 atom stereocenters. The van der Waals surface area contributed by atoms with E-state index >= 15 is 0 Å². The van der Waals surface area contributed by atoms with Crippen molar-refractivity contribution in [3.05, 3.63) is 41.5 Å². The van der Waals surface area contributed by atoms with Gasteiger partial charge in [-0.05, 0) is 11.6 Å². The molecule has 1 aromatic rings. The van der Waals surface area contributed by atoms with Gasteiger partial charge in [0.15, 0.2) is 0 Å². The molecular formula is C14H15NO2. The summed E-state index contributed by atoms with van der Waals surface area (Å²) in [4.78, 5) is 16.4. The zero-order valence-electron chi connectivity index (χ0n) is 10.2. The van der Waals surface area contributed by atoms with Crippen LogP contribution in [0.5, 0.6) is 0 Å². The third-order valence-corrected chi connectivity index (χ3v) is 2.52. The molecule has 0 fully saturated rings. The Hall–Kier alpha value is -1.90. The lowest BCUT2D eigenvalue weighted by atomic mass is 9.85. The van der Waals surface area contributed by atoms with Gasteiger partial charge in [0, 0.05) is 5.41 Å². The molecule has 0 bridgehead atoms. The monoisotopic (exact) mass is 229 g/mol. The van der Waals surface area contributed by atoms with E-state index in [9.17, 15) is 4.79 Å². The van der Waals surface area contributed by atoms with Crippen LogP contribution < -0.4 is 0 Å². The van der Waals surface area contributed by atoms with E-state index in [0.29, 0.717) is 11.3 Å². The molecule has 1 aromatic carbocycles. The minimum absolute atomic E-state index is 0.202. The highest BCUT2D eigenvalue weighted by Crippen LogP contribution is 2.28. The van der Waals surface area contributed by atoms with Gasteiger partial charge in [-0.25, -0.2) is 4.79 Å². The van der Waals surface area contributed by atoms with Crippen molar-refractivity contribution in [1.29, 1.82) is 0 Å². The van der Waals surface area contributed by atoms with Crippen molar-refractivity contribution >= 4 is 17.8 Å². The number of hydrogen-bond acceptors (Lipinski definition) is 3. The average molecular weight is 229 g/mol. The molecule has 0 spiro atoms. The Balaban J connectivity index is 2.40. The normalized spacial score (nSPS) is 18.2. The molecule has 2 rings (SSSR count). The Morgan fingerprint density at radius 1 is 1.18 bits per heavy atom. The van der Waals surface area contributed by atoms with Gasteiger partial charge in [-0.15, -0.1) is 0 Å². The Kier molecular flexibility index (Phi) is 2.84. The largest absolute Gasteiger partial charge is 0.367 e. The fourth-order valence-electron chi connectivity index (χ4n) is 1.67. The van der Waals surface area contributed by atoms with E-state index in [-0.39, 0.29) is 11.4 Å². The predicted octanol–water partition coefficient (Wildman–Crippen LogP) is 3.03. The third kappa shape index (κ3) is 2.44. The standard InChI is InChI=1S/C14H15NO2/c1-14(2,3)12-11(13(16)17-15-12)9-10-7-5-4-6-8-10/h4-9H,1-3H3/b11-9-. The molecule has 0 aromatic heterocycles. The summed E-state index contributed by atoms with van der Waals surface area (Å²) in [6.07, 6.45) is 1.82. The van der Waals surface area contributed by atoms with Crippen LogP contribution in [0.2, 0.25) is 0 Å². The topological polar surface area (TPSA) is 38.7 Å². The SMILES string of the molecule is CC(C)(C)C1=NOC(=O)/C1=C\c1ccccc1. The molecule has 1 aliphatic heterocycles. The molecule has 0 saturated heterocycles. The van der Waals surface area contributed by atoms with Gasteiger partial charge >= 0.3 is 5.97 Å². The second-order valence-corrected chi connectivity index (χ2v) is 5.04. The Morgan fingerprint density at radius 3 is 2.41 bits per heavy atom. The molecule has 0 saturated carbocycles. The maximum atomic E-state index is 11.6. The second kappa shape index (κ2) is 4.17. The lowest BCUT2D eigenvalue weighted by molar-refractivity contribution is -0.136. The van der Waals surface area contributed by atoms with Crippen molar-refractivity contribution < 1.29 is 9.63 Å². The maximum Gasteiger partial charge on any atom is 0.367 e. The van der Waals surface area contributed by atoms with Crippen molar-refractivity contribution in [2.45, 2.75) is 20.8 Å². The van der Waals surface area contributed by atoms with Crippen LogP contribution >= 0.6 is 0 Å². The Bertz CT molecular complexity index is 493. The van der Waals surface area contributed by atoms with E-state index in [1.807, 2.05) is 57.2 Å². The first-order chi connectivity index (χ1) is 7.98. The van der Waals surface area contributed by atoms with Gasteiger partial charge in [0.1, 0.15) is 5.71 Å². The van der Waals surface area contributed by atoms with Gasteiger partial charge < -0.3 is 4.84 Å². The third-order valence-electron chi connectivity index (χ3n) is 2.52. The van der Waals surface area contributed by atoms with Crippen molar-refractivity contribution in [2.75, 3.05) is 0 Å². The minimum Gasteiger partial charge on any atom is -0.312 e. The average Bonchev–Trinajstić information content (AvgIpc) is 2.62. The summed E-state index contributed by atoms with van der Waals surface area (Å²) in [7, 11) is 0. The Morgan fingerprint density at radius 2 is 1.82 bits per heavy atom.